The van der Waals surface area contributed by atoms with E-state index in [0.29, 0.717) is 6.10 Å². The fourth-order valence-electron chi connectivity index (χ4n) is 2.02. The molecule has 0 aliphatic carbocycles. The molecule has 0 aromatic carbocycles. The van der Waals surface area contributed by atoms with Crippen LogP contribution in [0.4, 0.5) is 5.69 Å². The van der Waals surface area contributed by atoms with Crippen LogP contribution in [-0.2, 0) is 11.3 Å². The van der Waals surface area contributed by atoms with Gasteiger partial charge in [0.15, 0.2) is 0 Å². The molecular weight excluding hydrogens is 204 g/mol. The molecule has 1 aliphatic rings. The average Bonchev–Trinajstić information content (AvgIpc) is 2.57. The van der Waals surface area contributed by atoms with Crippen LogP contribution >= 0.6 is 0 Å². The number of nitrogens with two attached hydrogens (primary N) is 1. The van der Waals surface area contributed by atoms with Crippen molar-refractivity contribution in [1.82, 2.24) is 14.7 Å². The Labute approximate surface area is 96.2 Å². The lowest BCUT2D eigenvalue weighted by Gasteiger charge is -2.31. The molecule has 0 radical (unpaired) electrons. The standard InChI is InChI=1S/C11H20N4O/c1-9-8-14(5-6-16-9)3-4-15-10(2)11(12)7-13-15/h7,9H,3-6,8,12H2,1-2H3. The van der Waals surface area contributed by atoms with Crippen LogP contribution in [-0.4, -0.2) is 47.0 Å². The Bertz CT molecular complexity index is 350. The second kappa shape index (κ2) is 4.84. The van der Waals surface area contributed by atoms with Crippen LogP contribution in [0.5, 0.6) is 0 Å². The number of anilines is 1. The molecule has 1 aromatic heterocycles. The highest BCUT2D eigenvalue weighted by Gasteiger charge is 2.16. The number of aromatic nitrogens is 2. The van der Waals surface area contributed by atoms with E-state index >= 15 is 0 Å². The Morgan fingerprint density at radius 1 is 1.56 bits per heavy atom. The zero-order chi connectivity index (χ0) is 11.5. The van der Waals surface area contributed by atoms with Crippen LogP contribution in [0.2, 0.25) is 0 Å². The van der Waals surface area contributed by atoms with Crippen molar-refractivity contribution >= 4 is 5.69 Å². The molecule has 0 saturated carbocycles. The first-order valence-electron chi connectivity index (χ1n) is 5.78. The van der Waals surface area contributed by atoms with E-state index in [9.17, 15) is 0 Å². The SMILES string of the molecule is Cc1c(N)cnn1CCN1CCOC(C)C1. The fraction of sp³-hybridized carbons (Fsp3) is 0.727. The fourth-order valence-corrected chi connectivity index (χ4v) is 2.02. The van der Waals surface area contributed by atoms with E-state index in [0.717, 1.165) is 44.2 Å². The van der Waals surface area contributed by atoms with Crippen LogP contribution in [0.25, 0.3) is 0 Å². The van der Waals surface area contributed by atoms with Gasteiger partial charge in [-0.2, -0.15) is 5.10 Å². The van der Waals surface area contributed by atoms with Crippen LogP contribution in [0.3, 0.4) is 0 Å². The minimum Gasteiger partial charge on any atom is -0.396 e. The molecule has 1 unspecified atom stereocenters. The first kappa shape index (κ1) is 11.4. The maximum absolute atomic E-state index is 5.75. The zero-order valence-corrected chi connectivity index (χ0v) is 10.0. The lowest BCUT2D eigenvalue weighted by atomic mass is 10.3. The lowest BCUT2D eigenvalue weighted by molar-refractivity contribution is -0.0194. The largest absolute Gasteiger partial charge is 0.396 e. The number of hydrogen-bond donors (Lipinski definition) is 1. The summed E-state index contributed by atoms with van der Waals surface area (Å²) in [5.41, 5.74) is 7.58. The second-order valence-electron chi connectivity index (χ2n) is 4.39. The topological polar surface area (TPSA) is 56.3 Å². The molecule has 0 bridgehead atoms. The molecule has 1 fully saturated rings. The van der Waals surface area contributed by atoms with Crippen molar-refractivity contribution < 1.29 is 4.74 Å². The van der Waals surface area contributed by atoms with E-state index in [1.54, 1.807) is 6.20 Å². The van der Waals surface area contributed by atoms with Crippen LogP contribution in [0.15, 0.2) is 6.20 Å². The summed E-state index contributed by atoms with van der Waals surface area (Å²) >= 11 is 0. The highest BCUT2D eigenvalue weighted by atomic mass is 16.5. The third-order valence-electron chi connectivity index (χ3n) is 3.09. The van der Waals surface area contributed by atoms with Crippen molar-refractivity contribution in [3.8, 4) is 0 Å². The van der Waals surface area contributed by atoms with Crippen molar-refractivity contribution in [3.63, 3.8) is 0 Å². The Morgan fingerprint density at radius 3 is 3.00 bits per heavy atom. The Balaban J connectivity index is 1.85. The molecule has 2 N–H and O–H groups in total. The van der Waals surface area contributed by atoms with Gasteiger partial charge in [0.2, 0.25) is 0 Å². The summed E-state index contributed by atoms with van der Waals surface area (Å²) in [5.74, 6) is 0. The minimum absolute atomic E-state index is 0.345. The molecular formula is C11H20N4O. The summed E-state index contributed by atoms with van der Waals surface area (Å²) < 4.78 is 7.47. The van der Waals surface area contributed by atoms with Gasteiger partial charge in [-0.15, -0.1) is 0 Å². The number of nitrogen functional groups attached to an aromatic ring is 1. The number of morpholine rings is 1. The summed E-state index contributed by atoms with van der Waals surface area (Å²) in [5, 5.41) is 4.25. The molecule has 16 heavy (non-hydrogen) atoms. The smallest absolute Gasteiger partial charge is 0.0730 e. The first-order valence-corrected chi connectivity index (χ1v) is 5.78. The zero-order valence-electron chi connectivity index (χ0n) is 10.0. The predicted octanol–water partition coefficient (Wildman–Crippen LogP) is 0.494. The second-order valence-corrected chi connectivity index (χ2v) is 4.39. The van der Waals surface area contributed by atoms with Crippen LogP contribution in [0, 0.1) is 6.92 Å². The lowest BCUT2D eigenvalue weighted by Crippen LogP contribution is -2.42. The van der Waals surface area contributed by atoms with Gasteiger partial charge in [0.05, 0.1) is 36.8 Å². The van der Waals surface area contributed by atoms with E-state index in [1.807, 2.05) is 11.6 Å². The average molecular weight is 224 g/mol. The van der Waals surface area contributed by atoms with Gasteiger partial charge < -0.3 is 10.5 Å². The van der Waals surface area contributed by atoms with Gasteiger partial charge in [-0.05, 0) is 13.8 Å². The number of nitrogens with zero attached hydrogens (tertiary/aromatic N) is 3. The van der Waals surface area contributed by atoms with Gasteiger partial charge in [0.1, 0.15) is 0 Å². The van der Waals surface area contributed by atoms with Gasteiger partial charge in [-0.1, -0.05) is 0 Å². The number of rotatable bonds is 3. The van der Waals surface area contributed by atoms with E-state index in [1.165, 1.54) is 0 Å². The van der Waals surface area contributed by atoms with Gasteiger partial charge in [0, 0.05) is 19.6 Å². The predicted molar refractivity (Wildman–Crippen MR) is 63.2 cm³/mol. The van der Waals surface area contributed by atoms with Crippen LogP contribution < -0.4 is 5.73 Å². The summed E-state index contributed by atoms with van der Waals surface area (Å²) in [6.07, 6.45) is 2.06. The van der Waals surface area contributed by atoms with E-state index in [-0.39, 0.29) is 0 Å². The molecule has 1 atom stereocenters. The molecule has 90 valence electrons. The summed E-state index contributed by atoms with van der Waals surface area (Å²) in [7, 11) is 0. The van der Waals surface area contributed by atoms with Crippen molar-refractivity contribution in [3.05, 3.63) is 11.9 Å². The summed E-state index contributed by atoms with van der Waals surface area (Å²) in [4.78, 5) is 2.41. The Morgan fingerprint density at radius 2 is 2.38 bits per heavy atom. The third-order valence-corrected chi connectivity index (χ3v) is 3.09. The third kappa shape index (κ3) is 2.54. The van der Waals surface area contributed by atoms with Crippen molar-refractivity contribution in [2.24, 2.45) is 0 Å². The highest BCUT2D eigenvalue weighted by Crippen LogP contribution is 2.09. The number of ether oxygens (including phenoxy) is 1. The van der Waals surface area contributed by atoms with Crippen LogP contribution in [0.1, 0.15) is 12.6 Å². The van der Waals surface area contributed by atoms with Crippen molar-refractivity contribution in [1.29, 1.82) is 0 Å². The normalized spacial score (nSPS) is 22.5. The molecule has 2 rings (SSSR count). The van der Waals surface area contributed by atoms with E-state index < -0.39 is 0 Å². The van der Waals surface area contributed by atoms with E-state index in [2.05, 4.69) is 16.9 Å². The Hall–Kier alpha value is -1.07. The van der Waals surface area contributed by atoms with Gasteiger partial charge in [0.25, 0.3) is 0 Å². The van der Waals surface area contributed by atoms with Gasteiger partial charge in [-0.25, -0.2) is 0 Å². The molecule has 1 aromatic rings. The maximum Gasteiger partial charge on any atom is 0.0730 e. The van der Waals surface area contributed by atoms with Crippen molar-refractivity contribution in [2.75, 3.05) is 32.0 Å². The maximum atomic E-state index is 5.75. The Kier molecular flexibility index (Phi) is 3.46. The minimum atomic E-state index is 0.345. The summed E-state index contributed by atoms with van der Waals surface area (Å²) in [6, 6.07) is 0. The summed E-state index contributed by atoms with van der Waals surface area (Å²) in [6.45, 7) is 8.89. The number of hydrogen-bond acceptors (Lipinski definition) is 4. The van der Waals surface area contributed by atoms with E-state index in [4.69, 9.17) is 10.5 Å². The van der Waals surface area contributed by atoms with Gasteiger partial charge >= 0.3 is 0 Å². The molecule has 0 amide bonds. The quantitative estimate of drug-likeness (QED) is 0.812. The molecule has 1 aliphatic heterocycles. The highest BCUT2D eigenvalue weighted by molar-refractivity contribution is 5.39. The molecule has 5 heteroatoms. The monoisotopic (exact) mass is 224 g/mol. The van der Waals surface area contributed by atoms with Gasteiger partial charge in [-0.3, -0.25) is 9.58 Å². The van der Waals surface area contributed by atoms with Crippen molar-refractivity contribution in [2.45, 2.75) is 26.5 Å². The molecule has 0 spiro atoms. The molecule has 5 nitrogen and oxygen atoms in total. The molecule has 2 heterocycles. The first-order chi connectivity index (χ1) is 7.66. The molecule has 1 saturated heterocycles.